The summed E-state index contributed by atoms with van der Waals surface area (Å²) < 4.78 is 0. The zero-order chi connectivity index (χ0) is 13.8. The minimum absolute atomic E-state index is 0.0292. The number of aromatic hydroxyl groups is 2. The Kier molecular flexibility index (Phi) is 4.70. The van der Waals surface area contributed by atoms with E-state index < -0.39 is 0 Å². The van der Waals surface area contributed by atoms with Gasteiger partial charge in [0.25, 0.3) is 0 Å². The Balaban J connectivity index is 1.92. The van der Waals surface area contributed by atoms with Crippen LogP contribution in [0.5, 0.6) is 11.5 Å². The Morgan fingerprint density at radius 3 is 2.58 bits per heavy atom. The fourth-order valence-corrected chi connectivity index (χ4v) is 3.18. The second kappa shape index (κ2) is 6.29. The van der Waals surface area contributed by atoms with Crippen LogP contribution in [-0.4, -0.2) is 16.8 Å². The summed E-state index contributed by atoms with van der Waals surface area (Å²) in [6.07, 6.45) is 5.25. The molecule has 106 valence electrons. The van der Waals surface area contributed by atoms with Crippen molar-refractivity contribution in [2.24, 2.45) is 11.8 Å². The lowest BCUT2D eigenvalue weighted by molar-refractivity contribution is 0.267. The SMILES string of the molecule is CC1CCCC(CNC(C)c2c(O)cccc2O)C1. The van der Waals surface area contributed by atoms with E-state index in [2.05, 4.69) is 12.2 Å². The maximum Gasteiger partial charge on any atom is 0.124 e. The van der Waals surface area contributed by atoms with E-state index in [1.165, 1.54) is 25.7 Å². The third-order valence-electron chi connectivity index (χ3n) is 4.25. The van der Waals surface area contributed by atoms with Crippen molar-refractivity contribution in [1.82, 2.24) is 5.32 Å². The number of benzene rings is 1. The van der Waals surface area contributed by atoms with Crippen molar-refractivity contribution in [2.75, 3.05) is 6.54 Å². The van der Waals surface area contributed by atoms with Gasteiger partial charge in [0.2, 0.25) is 0 Å². The molecule has 0 amide bonds. The first kappa shape index (κ1) is 14.2. The molecule has 0 aliphatic heterocycles. The van der Waals surface area contributed by atoms with Gasteiger partial charge in [-0.15, -0.1) is 0 Å². The normalized spacial score (nSPS) is 25.2. The van der Waals surface area contributed by atoms with Crippen LogP contribution >= 0.6 is 0 Å². The highest BCUT2D eigenvalue weighted by molar-refractivity contribution is 5.44. The van der Waals surface area contributed by atoms with Crippen molar-refractivity contribution in [3.63, 3.8) is 0 Å². The fourth-order valence-electron chi connectivity index (χ4n) is 3.18. The molecule has 2 rings (SSSR count). The maximum atomic E-state index is 9.84. The van der Waals surface area contributed by atoms with Gasteiger partial charge in [-0.25, -0.2) is 0 Å². The van der Waals surface area contributed by atoms with E-state index in [0.29, 0.717) is 5.56 Å². The van der Waals surface area contributed by atoms with Crippen molar-refractivity contribution in [3.8, 4) is 11.5 Å². The predicted octanol–water partition coefficient (Wildman–Crippen LogP) is 3.57. The number of nitrogens with one attached hydrogen (secondary N) is 1. The average Bonchev–Trinajstić information content (AvgIpc) is 2.36. The summed E-state index contributed by atoms with van der Waals surface area (Å²) in [5, 5.41) is 23.1. The van der Waals surface area contributed by atoms with Crippen molar-refractivity contribution < 1.29 is 10.2 Å². The van der Waals surface area contributed by atoms with E-state index in [0.717, 1.165) is 18.4 Å². The molecule has 3 N–H and O–H groups in total. The first-order valence-electron chi connectivity index (χ1n) is 7.32. The lowest BCUT2D eigenvalue weighted by Gasteiger charge is -2.28. The summed E-state index contributed by atoms with van der Waals surface area (Å²) in [5.41, 5.74) is 0.603. The topological polar surface area (TPSA) is 52.5 Å². The lowest BCUT2D eigenvalue weighted by Crippen LogP contribution is -2.28. The second-order valence-electron chi connectivity index (χ2n) is 5.98. The zero-order valence-corrected chi connectivity index (χ0v) is 11.9. The van der Waals surface area contributed by atoms with Gasteiger partial charge in [-0.2, -0.15) is 0 Å². The average molecular weight is 263 g/mol. The van der Waals surface area contributed by atoms with Crippen LogP contribution in [0.2, 0.25) is 0 Å². The molecule has 0 spiro atoms. The second-order valence-corrected chi connectivity index (χ2v) is 5.98. The van der Waals surface area contributed by atoms with Crippen LogP contribution in [0.1, 0.15) is 51.1 Å². The molecule has 1 saturated carbocycles. The summed E-state index contributed by atoms with van der Waals surface area (Å²) in [6.45, 7) is 5.27. The van der Waals surface area contributed by atoms with Crippen LogP contribution in [0, 0.1) is 11.8 Å². The third-order valence-corrected chi connectivity index (χ3v) is 4.25. The van der Waals surface area contributed by atoms with E-state index >= 15 is 0 Å². The highest BCUT2D eigenvalue weighted by Gasteiger charge is 2.20. The molecule has 0 bridgehead atoms. The van der Waals surface area contributed by atoms with E-state index in [9.17, 15) is 10.2 Å². The molecule has 1 aliphatic carbocycles. The Hall–Kier alpha value is -1.22. The highest BCUT2D eigenvalue weighted by atomic mass is 16.3. The van der Waals surface area contributed by atoms with Crippen molar-refractivity contribution in [3.05, 3.63) is 23.8 Å². The van der Waals surface area contributed by atoms with Gasteiger partial charge in [0.05, 0.1) is 5.56 Å². The molecule has 1 fully saturated rings. The fraction of sp³-hybridized carbons (Fsp3) is 0.625. The summed E-state index contributed by atoms with van der Waals surface area (Å²) in [4.78, 5) is 0. The molecule has 0 heterocycles. The van der Waals surface area contributed by atoms with Gasteiger partial charge >= 0.3 is 0 Å². The minimum atomic E-state index is -0.0292. The number of rotatable bonds is 4. The van der Waals surface area contributed by atoms with Gasteiger partial charge in [0.15, 0.2) is 0 Å². The molecule has 3 heteroatoms. The summed E-state index contributed by atoms with van der Waals surface area (Å²) in [6, 6.07) is 4.87. The van der Waals surface area contributed by atoms with Crippen LogP contribution in [0.4, 0.5) is 0 Å². The number of hydrogen-bond acceptors (Lipinski definition) is 3. The van der Waals surface area contributed by atoms with Gasteiger partial charge < -0.3 is 15.5 Å². The minimum Gasteiger partial charge on any atom is -0.507 e. The molecule has 3 unspecified atom stereocenters. The molecule has 1 aromatic rings. The molecule has 3 atom stereocenters. The number of phenols is 2. The van der Waals surface area contributed by atoms with Gasteiger partial charge in [-0.05, 0) is 50.3 Å². The van der Waals surface area contributed by atoms with Crippen LogP contribution < -0.4 is 5.32 Å². The molecule has 19 heavy (non-hydrogen) atoms. The standard InChI is InChI=1S/C16H25NO2/c1-11-5-3-6-13(9-11)10-17-12(2)16-14(18)7-4-8-15(16)19/h4,7-8,11-13,17-19H,3,5-6,9-10H2,1-2H3. The quantitative estimate of drug-likeness (QED) is 0.778. The largest absolute Gasteiger partial charge is 0.507 e. The summed E-state index contributed by atoms with van der Waals surface area (Å²) >= 11 is 0. The van der Waals surface area contributed by atoms with Crippen LogP contribution in [0.15, 0.2) is 18.2 Å². The Bertz CT molecular complexity index is 399. The molecular formula is C16H25NO2. The monoisotopic (exact) mass is 263 g/mol. The van der Waals surface area contributed by atoms with Crippen molar-refractivity contribution in [1.29, 1.82) is 0 Å². The van der Waals surface area contributed by atoms with E-state index in [4.69, 9.17) is 0 Å². The molecule has 1 aliphatic rings. The Labute approximate surface area is 115 Å². The first-order chi connectivity index (χ1) is 9.08. The van der Waals surface area contributed by atoms with E-state index in [1.54, 1.807) is 18.2 Å². The third kappa shape index (κ3) is 3.63. The summed E-state index contributed by atoms with van der Waals surface area (Å²) in [5.74, 6) is 1.88. The van der Waals surface area contributed by atoms with Gasteiger partial charge in [-0.1, -0.05) is 25.8 Å². The van der Waals surface area contributed by atoms with Crippen molar-refractivity contribution >= 4 is 0 Å². The zero-order valence-electron chi connectivity index (χ0n) is 11.9. The molecule has 3 nitrogen and oxygen atoms in total. The van der Waals surface area contributed by atoms with Crippen molar-refractivity contribution in [2.45, 2.75) is 45.6 Å². The van der Waals surface area contributed by atoms with Crippen LogP contribution in [-0.2, 0) is 0 Å². The maximum absolute atomic E-state index is 9.84. The van der Waals surface area contributed by atoms with E-state index in [-0.39, 0.29) is 17.5 Å². The molecule has 0 saturated heterocycles. The highest BCUT2D eigenvalue weighted by Crippen LogP contribution is 2.33. The molecule has 0 radical (unpaired) electrons. The smallest absolute Gasteiger partial charge is 0.124 e. The summed E-state index contributed by atoms with van der Waals surface area (Å²) in [7, 11) is 0. The predicted molar refractivity (Wildman–Crippen MR) is 77.3 cm³/mol. The first-order valence-corrected chi connectivity index (χ1v) is 7.32. The number of hydrogen-bond donors (Lipinski definition) is 3. The van der Waals surface area contributed by atoms with Gasteiger partial charge in [0.1, 0.15) is 11.5 Å². The Morgan fingerprint density at radius 2 is 1.95 bits per heavy atom. The van der Waals surface area contributed by atoms with Crippen LogP contribution in [0.25, 0.3) is 0 Å². The molecule has 1 aromatic carbocycles. The Morgan fingerprint density at radius 1 is 1.26 bits per heavy atom. The molecular weight excluding hydrogens is 238 g/mol. The van der Waals surface area contributed by atoms with Gasteiger partial charge in [-0.3, -0.25) is 0 Å². The van der Waals surface area contributed by atoms with Crippen LogP contribution in [0.3, 0.4) is 0 Å². The van der Waals surface area contributed by atoms with Gasteiger partial charge in [0, 0.05) is 6.04 Å². The molecule has 0 aromatic heterocycles. The van der Waals surface area contributed by atoms with E-state index in [1.807, 2.05) is 6.92 Å². The lowest BCUT2D eigenvalue weighted by atomic mass is 9.82. The number of phenolic OH excluding ortho intramolecular Hbond substituents is 2.